The third kappa shape index (κ3) is 5.47. The summed E-state index contributed by atoms with van der Waals surface area (Å²) >= 11 is 0. The Morgan fingerprint density at radius 3 is 1.73 bits per heavy atom. The van der Waals surface area contributed by atoms with Gasteiger partial charge in [-0.3, -0.25) is 0 Å². The van der Waals surface area contributed by atoms with Crippen molar-refractivity contribution in [3.63, 3.8) is 0 Å². The molecule has 0 aromatic heterocycles. The van der Waals surface area contributed by atoms with Crippen molar-refractivity contribution in [1.82, 2.24) is 0 Å². The lowest BCUT2D eigenvalue weighted by Gasteiger charge is -2.31. The van der Waals surface area contributed by atoms with Crippen LogP contribution in [-0.2, 0) is 5.41 Å². The maximum absolute atomic E-state index is 7.20. The summed E-state index contributed by atoms with van der Waals surface area (Å²) in [7, 11) is 0. The van der Waals surface area contributed by atoms with Gasteiger partial charge in [0.25, 0.3) is 0 Å². The van der Waals surface area contributed by atoms with Crippen LogP contribution in [-0.4, -0.2) is 0 Å². The fraction of sp³-hybridized carbons (Fsp3) is 0.0492. The second-order valence-corrected chi connectivity index (χ2v) is 17.0. The molecular weight excluding hydrogens is 779 g/mol. The molecule has 0 unspecified atom stereocenters. The molecule has 3 aliphatic carbocycles. The van der Waals surface area contributed by atoms with Gasteiger partial charge in [-0.15, -0.1) is 0 Å². The molecule has 3 nitrogen and oxygen atoms in total. The van der Waals surface area contributed by atoms with Crippen LogP contribution >= 0.6 is 0 Å². The van der Waals surface area contributed by atoms with Crippen LogP contribution in [0.5, 0.6) is 23.0 Å². The van der Waals surface area contributed by atoms with Crippen molar-refractivity contribution in [1.29, 1.82) is 0 Å². The molecule has 9 aromatic carbocycles. The number of nitrogens with zero attached hydrogens (tertiary/aromatic N) is 1. The first-order valence-electron chi connectivity index (χ1n) is 22.2. The minimum Gasteiger partial charge on any atom is -0.449 e. The molecule has 0 atom stereocenters. The number of fused-ring (bicyclic) bond motifs is 13. The Balaban J connectivity index is 0.940. The number of hydrogen-bond acceptors (Lipinski definition) is 3. The maximum atomic E-state index is 7.20. The van der Waals surface area contributed by atoms with E-state index in [1.165, 1.54) is 66.8 Å². The van der Waals surface area contributed by atoms with Gasteiger partial charge >= 0.3 is 0 Å². The van der Waals surface area contributed by atoms with Crippen LogP contribution in [0.15, 0.2) is 224 Å². The van der Waals surface area contributed by atoms with Crippen LogP contribution in [0, 0.1) is 0 Å². The zero-order chi connectivity index (χ0) is 42.2. The molecule has 0 N–H and O–H groups in total. The van der Waals surface area contributed by atoms with Crippen molar-refractivity contribution in [2.24, 2.45) is 0 Å². The third-order valence-electron chi connectivity index (χ3n) is 13.6. The summed E-state index contributed by atoms with van der Waals surface area (Å²) in [4.78, 5) is 2.32. The van der Waals surface area contributed by atoms with E-state index in [2.05, 4.69) is 223 Å². The zero-order valence-electron chi connectivity index (χ0n) is 35.0. The second kappa shape index (κ2) is 14.5. The molecule has 0 bridgehead atoms. The largest absolute Gasteiger partial charge is 0.449 e. The van der Waals surface area contributed by atoms with Gasteiger partial charge in [-0.2, -0.15) is 0 Å². The van der Waals surface area contributed by atoms with Gasteiger partial charge in [0.1, 0.15) is 0 Å². The molecule has 1 spiro atoms. The van der Waals surface area contributed by atoms with E-state index in [1.807, 2.05) is 6.07 Å². The van der Waals surface area contributed by atoms with E-state index >= 15 is 0 Å². The summed E-state index contributed by atoms with van der Waals surface area (Å²) < 4.78 is 14.0. The highest BCUT2D eigenvalue weighted by molar-refractivity contribution is 5.98. The summed E-state index contributed by atoms with van der Waals surface area (Å²) in [6.45, 7) is 0. The summed E-state index contributed by atoms with van der Waals surface area (Å²) in [5.74, 6) is 2.82. The lowest BCUT2D eigenvalue weighted by Crippen LogP contribution is -2.25. The maximum Gasteiger partial charge on any atom is 0.178 e. The number of ether oxygens (including phenoxy) is 2. The monoisotopic (exact) mass is 819 g/mol. The fourth-order valence-electron chi connectivity index (χ4n) is 10.9. The van der Waals surface area contributed by atoms with Crippen LogP contribution in [0.4, 0.5) is 17.1 Å². The van der Waals surface area contributed by atoms with E-state index in [0.717, 1.165) is 46.8 Å². The molecule has 4 aliphatic rings. The molecule has 64 heavy (non-hydrogen) atoms. The van der Waals surface area contributed by atoms with Crippen LogP contribution in [0.3, 0.4) is 0 Å². The van der Waals surface area contributed by atoms with Gasteiger partial charge in [-0.05, 0) is 128 Å². The molecular formula is C61H41NO2. The van der Waals surface area contributed by atoms with Crippen molar-refractivity contribution in [3.05, 3.63) is 252 Å². The van der Waals surface area contributed by atoms with Gasteiger partial charge in [-0.1, -0.05) is 176 Å². The summed E-state index contributed by atoms with van der Waals surface area (Å²) in [5, 5.41) is 0. The second-order valence-electron chi connectivity index (χ2n) is 17.0. The number of anilines is 3. The lowest BCUT2D eigenvalue weighted by molar-refractivity contribution is 0.360. The van der Waals surface area contributed by atoms with Crippen LogP contribution < -0.4 is 14.4 Å². The molecule has 3 heteroatoms. The highest BCUT2D eigenvalue weighted by Gasteiger charge is 2.53. The number of benzene rings is 9. The SMILES string of the molecule is C1=CCCC(c2ccccc2-c2ccc(N(c3cccc(-c4ccccc4)c3)c3ccc4c(c3)Oc3c(ccc5c3-c3ccccc3C53c5ccccc5-c5ccccc53)O4)cc2)=C1. The lowest BCUT2D eigenvalue weighted by atomic mass is 9.70. The smallest absolute Gasteiger partial charge is 0.178 e. The molecule has 0 amide bonds. The Bertz CT molecular complexity index is 3350. The molecule has 0 saturated heterocycles. The van der Waals surface area contributed by atoms with Gasteiger partial charge in [0.05, 0.1) is 11.1 Å². The Morgan fingerprint density at radius 2 is 1.00 bits per heavy atom. The Morgan fingerprint density at radius 1 is 0.391 bits per heavy atom. The van der Waals surface area contributed by atoms with Gasteiger partial charge in [0, 0.05) is 23.0 Å². The molecule has 1 aliphatic heterocycles. The molecule has 0 radical (unpaired) electrons. The van der Waals surface area contributed by atoms with Crippen molar-refractivity contribution in [2.75, 3.05) is 4.90 Å². The predicted octanol–water partition coefficient (Wildman–Crippen LogP) is 16.5. The molecule has 0 saturated carbocycles. The highest BCUT2D eigenvalue weighted by atomic mass is 16.6. The van der Waals surface area contributed by atoms with Gasteiger partial charge < -0.3 is 14.4 Å². The Labute approximate surface area is 373 Å². The molecule has 9 aromatic rings. The standard InChI is InChI=1S/C61H41NO2/c1-3-16-40(17-4-1)43-20-15-21-45(38-43)62(44-32-30-42(31-33-44)48-23-8-7-22-47(48)41-18-5-2-6-19-41)46-34-36-56-58(39-46)64-60-57(63-56)37-35-55-59(60)51-26-11-14-29-54(51)61(55)52-27-12-9-24-49(52)50-25-10-13-28-53(50)61/h1-5,7-18,20-39H,6,19H2. The van der Waals surface area contributed by atoms with E-state index in [-0.39, 0.29) is 0 Å². The van der Waals surface area contributed by atoms with Gasteiger partial charge in [0.15, 0.2) is 23.0 Å². The third-order valence-corrected chi connectivity index (χ3v) is 13.6. The molecule has 1 heterocycles. The van der Waals surface area contributed by atoms with Gasteiger partial charge in [-0.25, -0.2) is 0 Å². The molecule has 0 fully saturated rings. The van der Waals surface area contributed by atoms with Crippen LogP contribution in [0.2, 0.25) is 0 Å². The average molecular weight is 820 g/mol. The van der Waals surface area contributed by atoms with E-state index in [1.54, 1.807) is 0 Å². The summed E-state index contributed by atoms with van der Waals surface area (Å²) in [5.41, 5.74) is 19.9. The van der Waals surface area contributed by atoms with E-state index in [9.17, 15) is 0 Å². The fourth-order valence-corrected chi connectivity index (χ4v) is 10.9. The first-order chi connectivity index (χ1) is 31.7. The van der Waals surface area contributed by atoms with Crippen molar-refractivity contribution in [3.8, 4) is 67.5 Å². The van der Waals surface area contributed by atoms with Crippen LogP contribution in [0.1, 0.15) is 40.7 Å². The van der Waals surface area contributed by atoms with Crippen molar-refractivity contribution >= 4 is 22.6 Å². The van der Waals surface area contributed by atoms with E-state index < -0.39 is 5.41 Å². The first kappa shape index (κ1) is 36.5. The number of rotatable bonds is 6. The minimum absolute atomic E-state index is 0.475. The predicted molar refractivity (Wildman–Crippen MR) is 261 cm³/mol. The Hall–Kier alpha value is -8.14. The normalized spacial score (nSPS) is 14.2. The first-order valence-corrected chi connectivity index (χ1v) is 22.2. The average Bonchev–Trinajstić information content (AvgIpc) is 3.84. The van der Waals surface area contributed by atoms with Crippen LogP contribution in [0.25, 0.3) is 50.1 Å². The summed E-state index contributed by atoms with van der Waals surface area (Å²) in [6.07, 6.45) is 8.80. The minimum atomic E-state index is -0.475. The van der Waals surface area contributed by atoms with Crippen molar-refractivity contribution in [2.45, 2.75) is 18.3 Å². The quantitative estimate of drug-likeness (QED) is 0.167. The zero-order valence-corrected chi connectivity index (χ0v) is 35.0. The Kier molecular flexibility index (Phi) is 8.26. The van der Waals surface area contributed by atoms with E-state index in [0.29, 0.717) is 17.2 Å². The number of hydrogen-bond donors (Lipinski definition) is 0. The van der Waals surface area contributed by atoms with Crippen molar-refractivity contribution < 1.29 is 9.47 Å². The molecule has 13 rings (SSSR count). The highest BCUT2D eigenvalue weighted by Crippen LogP contribution is 2.66. The summed E-state index contributed by atoms with van der Waals surface area (Å²) in [6, 6.07) is 74.4. The van der Waals surface area contributed by atoms with E-state index in [4.69, 9.17) is 9.47 Å². The molecule has 302 valence electrons. The topological polar surface area (TPSA) is 21.7 Å². The number of allylic oxidation sites excluding steroid dienone is 4. The van der Waals surface area contributed by atoms with Gasteiger partial charge in [0.2, 0.25) is 0 Å².